The Morgan fingerprint density at radius 3 is 2.56 bits per heavy atom. The molecule has 0 spiro atoms. The van der Waals surface area contributed by atoms with E-state index in [9.17, 15) is 0 Å². The first-order valence-electron chi connectivity index (χ1n) is 8.06. The van der Waals surface area contributed by atoms with Crippen molar-refractivity contribution in [2.75, 3.05) is 0 Å². The molecule has 0 radical (unpaired) electrons. The Hall–Kier alpha value is -1.30. The summed E-state index contributed by atoms with van der Waals surface area (Å²) < 4.78 is 7.01. The highest BCUT2D eigenvalue weighted by Gasteiger charge is 2.07. The number of benzene rings is 2. The third kappa shape index (κ3) is 6.66. The third-order valence-electron chi connectivity index (χ3n) is 3.77. The molecule has 1 N–H and O–H groups in total. The molecule has 1 aromatic heterocycles. The minimum Gasteiger partial charge on any atom is -0.489 e. The molecule has 1 heterocycles. The van der Waals surface area contributed by atoms with Crippen molar-refractivity contribution in [3.05, 3.63) is 92.1 Å². The Balaban J connectivity index is 0.00000261. The molecular formula is C20H18BrCl3N2O. The molecule has 3 rings (SSSR count). The van der Waals surface area contributed by atoms with E-state index in [4.69, 9.17) is 27.9 Å². The molecule has 142 valence electrons. The second kappa shape index (κ2) is 10.9. The second-order valence-electron chi connectivity index (χ2n) is 5.75. The van der Waals surface area contributed by atoms with Gasteiger partial charge in [-0.3, -0.25) is 4.98 Å². The smallest absolute Gasteiger partial charge is 0.124 e. The van der Waals surface area contributed by atoms with Crippen LogP contribution in [0, 0.1) is 0 Å². The standard InChI is InChI=1S/C20H17BrCl2N2O.ClH/c21-17-4-6-20(26-13-14-3-5-18(22)19(23)8-14)16(9-17)12-25-11-15-2-1-7-24-10-15;/h1-10,25H,11-13H2;1H. The second-order valence-corrected chi connectivity index (χ2v) is 7.48. The van der Waals surface area contributed by atoms with E-state index in [1.807, 2.05) is 42.6 Å². The van der Waals surface area contributed by atoms with Gasteiger partial charge in [0.05, 0.1) is 10.0 Å². The van der Waals surface area contributed by atoms with E-state index in [0.29, 0.717) is 23.2 Å². The fourth-order valence-corrected chi connectivity index (χ4v) is 3.19. The van der Waals surface area contributed by atoms with Crippen LogP contribution in [0.15, 0.2) is 65.4 Å². The first kappa shape index (κ1) is 22.0. The summed E-state index contributed by atoms with van der Waals surface area (Å²) in [5.74, 6) is 0.831. The summed E-state index contributed by atoms with van der Waals surface area (Å²) in [6.45, 7) is 1.85. The average Bonchev–Trinajstić information content (AvgIpc) is 2.65. The largest absolute Gasteiger partial charge is 0.489 e. The van der Waals surface area contributed by atoms with Crippen molar-refractivity contribution in [3.8, 4) is 5.75 Å². The third-order valence-corrected chi connectivity index (χ3v) is 5.00. The number of pyridine rings is 1. The van der Waals surface area contributed by atoms with Gasteiger partial charge in [-0.25, -0.2) is 0 Å². The van der Waals surface area contributed by atoms with Crippen molar-refractivity contribution in [1.82, 2.24) is 10.3 Å². The maximum absolute atomic E-state index is 6.07. The van der Waals surface area contributed by atoms with Crippen LogP contribution >= 0.6 is 51.5 Å². The molecule has 27 heavy (non-hydrogen) atoms. The van der Waals surface area contributed by atoms with Crippen LogP contribution in [0.1, 0.15) is 16.7 Å². The molecule has 3 nitrogen and oxygen atoms in total. The van der Waals surface area contributed by atoms with Crippen LogP contribution in [0.4, 0.5) is 0 Å². The average molecular weight is 489 g/mol. The Morgan fingerprint density at radius 1 is 0.963 bits per heavy atom. The lowest BCUT2D eigenvalue weighted by molar-refractivity contribution is 0.302. The van der Waals surface area contributed by atoms with Gasteiger partial charge in [0.1, 0.15) is 12.4 Å². The summed E-state index contributed by atoms with van der Waals surface area (Å²) in [4.78, 5) is 4.13. The zero-order valence-electron chi connectivity index (χ0n) is 14.3. The molecule has 0 unspecified atom stereocenters. The van der Waals surface area contributed by atoms with Crippen molar-refractivity contribution >= 4 is 51.5 Å². The maximum atomic E-state index is 6.07. The number of hydrogen-bond donors (Lipinski definition) is 1. The minimum absolute atomic E-state index is 0. The summed E-state index contributed by atoms with van der Waals surface area (Å²) in [7, 11) is 0. The van der Waals surface area contributed by atoms with Crippen molar-refractivity contribution in [2.45, 2.75) is 19.7 Å². The number of ether oxygens (including phenoxy) is 1. The number of rotatable bonds is 7. The molecule has 0 aliphatic carbocycles. The van der Waals surface area contributed by atoms with E-state index in [1.54, 1.807) is 12.3 Å². The molecule has 3 aromatic rings. The number of nitrogens with zero attached hydrogens (tertiary/aromatic N) is 1. The van der Waals surface area contributed by atoms with Crippen molar-refractivity contribution < 1.29 is 4.74 Å². The zero-order valence-corrected chi connectivity index (χ0v) is 18.2. The number of hydrogen-bond acceptors (Lipinski definition) is 3. The van der Waals surface area contributed by atoms with Gasteiger partial charge in [-0.2, -0.15) is 0 Å². The van der Waals surface area contributed by atoms with Gasteiger partial charge in [-0.05, 0) is 47.5 Å². The van der Waals surface area contributed by atoms with E-state index < -0.39 is 0 Å². The summed E-state index contributed by atoms with van der Waals surface area (Å²) in [6, 6.07) is 15.5. The number of aromatic nitrogens is 1. The van der Waals surface area contributed by atoms with E-state index in [0.717, 1.165) is 33.5 Å². The highest BCUT2D eigenvalue weighted by molar-refractivity contribution is 9.10. The molecule has 0 aliphatic rings. The normalized spacial score (nSPS) is 10.3. The summed E-state index contributed by atoms with van der Waals surface area (Å²) in [6.07, 6.45) is 3.63. The fraction of sp³-hybridized carbons (Fsp3) is 0.150. The van der Waals surface area contributed by atoms with E-state index in [2.05, 4.69) is 32.3 Å². The molecule has 0 bridgehead atoms. The Labute approximate surface area is 183 Å². The van der Waals surface area contributed by atoms with Crippen LogP contribution in [0.25, 0.3) is 0 Å². The quantitative estimate of drug-likeness (QED) is 0.415. The highest BCUT2D eigenvalue weighted by Crippen LogP contribution is 2.26. The van der Waals surface area contributed by atoms with Gasteiger partial charge in [0.15, 0.2) is 0 Å². The summed E-state index contributed by atoms with van der Waals surface area (Å²) in [5, 5.41) is 4.49. The van der Waals surface area contributed by atoms with Gasteiger partial charge in [0, 0.05) is 35.5 Å². The van der Waals surface area contributed by atoms with Crippen molar-refractivity contribution in [3.63, 3.8) is 0 Å². The predicted octanol–water partition coefficient (Wildman–Crippen LogP) is 6.44. The molecule has 0 fully saturated rings. The molecule has 0 amide bonds. The first-order chi connectivity index (χ1) is 12.6. The molecule has 2 aromatic carbocycles. The topological polar surface area (TPSA) is 34.1 Å². The number of halogens is 4. The Kier molecular flexibility index (Phi) is 8.87. The van der Waals surface area contributed by atoms with Crippen LogP contribution in [0.5, 0.6) is 5.75 Å². The molecule has 7 heteroatoms. The van der Waals surface area contributed by atoms with Gasteiger partial charge in [-0.1, -0.05) is 51.3 Å². The lowest BCUT2D eigenvalue weighted by Crippen LogP contribution is -2.13. The first-order valence-corrected chi connectivity index (χ1v) is 9.61. The van der Waals surface area contributed by atoms with E-state index in [-0.39, 0.29) is 12.4 Å². The lowest BCUT2D eigenvalue weighted by atomic mass is 10.2. The van der Waals surface area contributed by atoms with Crippen molar-refractivity contribution in [2.24, 2.45) is 0 Å². The van der Waals surface area contributed by atoms with Gasteiger partial charge in [0.25, 0.3) is 0 Å². The SMILES string of the molecule is Cl.Clc1ccc(COc2ccc(Br)cc2CNCc2cccnc2)cc1Cl. The minimum atomic E-state index is 0. The molecular weight excluding hydrogens is 470 g/mol. The predicted molar refractivity (Wildman–Crippen MR) is 117 cm³/mol. The Bertz CT molecular complexity index is 878. The van der Waals surface area contributed by atoms with Crippen LogP contribution in [0.2, 0.25) is 10.0 Å². The number of nitrogens with one attached hydrogen (secondary N) is 1. The van der Waals surface area contributed by atoms with Crippen molar-refractivity contribution in [1.29, 1.82) is 0 Å². The van der Waals surface area contributed by atoms with Gasteiger partial charge >= 0.3 is 0 Å². The maximum Gasteiger partial charge on any atom is 0.124 e. The van der Waals surface area contributed by atoms with Gasteiger partial charge in [-0.15, -0.1) is 12.4 Å². The van der Waals surface area contributed by atoms with Crippen LogP contribution in [0.3, 0.4) is 0 Å². The Morgan fingerprint density at radius 2 is 1.81 bits per heavy atom. The highest BCUT2D eigenvalue weighted by atomic mass is 79.9. The van der Waals surface area contributed by atoms with Crippen LogP contribution in [-0.2, 0) is 19.7 Å². The molecule has 0 saturated carbocycles. The van der Waals surface area contributed by atoms with Gasteiger partial charge < -0.3 is 10.1 Å². The van der Waals surface area contributed by atoms with Crippen LogP contribution < -0.4 is 10.1 Å². The van der Waals surface area contributed by atoms with E-state index >= 15 is 0 Å². The van der Waals surface area contributed by atoms with Gasteiger partial charge in [0.2, 0.25) is 0 Å². The molecule has 0 aliphatic heterocycles. The lowest BCUT2D eigenvalue weighted by Gasteiger charge is -2.13. The summed E-state index contributed by atoms with van der Waals surface area (Å²) >= 11 is 15.5. The molecule has 0 saturated heterocycles. The zero-order chi connectivity index (χ0) is 18.4. The van der Waals surface area contributed by atoms with E-state index in [1.165, 1.54) is 0 Å². The fourth-order valence-electron chi connectivity index (χ4n) is 2.46. The molecule has 0 atom stereocenters. The summed E-state index contributed by atoms with van der Waals surface area (Å²) in [5.41, 5.74) is 3.18. The van der Waals surface area contributed by atoms with Crippen LogP contribution in [-0.4, -0.2) is 4.98 Å². The monoisotopic (exact) mass is 486 g/mol.